The lowest BCUT2D eigenvalue weighted by molar-refractivity contribution is -0.122. The molecule has 3 heterocycles. The van der Waals surface area contributed by atoms with E-state index in [1.54, 1.807) is 23.3 Å². The molecule has 2 N–H and O–H groups in total. The zero-order chi connectivity index (χ0) is 18.6. The van der Waals surface area contributed by atoms with Crippen LogP contribution in [-0.2, 0) is 18.3 Å². The number of aryl methyl sites for hydroxylation is 3. The second kappa shape index (κ2) is 7.82. The number of piperidine rings is 1. The lowest BCUT2D eigenvalue weighted by atomic mass is 9.92. The molecule has 1 aliphatic heterocycles. The Morgan fingerprint density at radius 3 is 2.96 bits per heavy atom. The van der Waals surface area contributed by atoms with Crippen molar-refractivity contribution in [1.29, 1.82) is 0 Å². The number of nitrogens with zero attached hydrogens (tertiary/aromatic N) is 5. The van der Waals surface area contributed by atoms with Crippen molar-refractivity contribution < 1.29 is 9.90 Å². The van der Waals surface area contributed by atoms with E-state index >= 15 is 0 Å². The van der Waals surface area contributed by atoms with Crippen molar-refractivity contribution in [2.75, 3.05) is 24.5 Å². The number of aromatic nitrogens is 4. The smallest absolute Gasteiger partial charge is 0.220 e. The lowest BCUT2D eigenvalue weighted by Gasteiger charge is -2.39. The predicted octanol–water partition coefficient (Wildman–Crippen LogP) is 0.599. The van der Waals surface area contributed by atoms with Crippen molar-refractivity contribution in [3.8, 4) is 0 Å². The Balaban J connectivity index is 1.49. The number of hydrogen-bond donors (Lipinski definition) is 2. The summed E-state index contributed by atoms with van der Waals surface area (Å²) >= 11 is 0. The molecule has 0 radical (unpaired) electrons. The lowest BCUT2D eigenvalue weighted by Crippen LogP contribution is -2.54. The van der Waals surface area contributed by atoms with E-state index in [-0.39, 0.29) is 12.5 Å². The van der Waals surface area contributed by atoms with E-state index in [1.165, 1.54) is 0 Å². The molecule has 1 atom stereocenters. The van der Waals surface area contributed by atoms with Gasteiger partial charge in [0, 0.05) is 51.7 Å². The van der Waals surface area contributed by atoms with E-state index in [2.05, 4.69) is 20.4 Å². The molecule has 0 saturated carbocycles. The number of carbonyl (C=O) groups is 1. The highest BCUT2D eigenvalue weighted by atomic mass is 16.3. The Morgan fingerprint density at radius 2 is 2.27 bits per heavy atom. The van der Waals surface area contributed by atoms with Crippen molar-refractivity contribution in [1.82, 2.24) is 25.1 Å². The normalized spacial score (nSPS) is 20.2. The van der Waals surface area contributed by atoms with Crippen molar-refractivity contribution in [2.45, 2.75) is 38.2 Å². The number of anilines is 1. The third-order valence-electron chi connectivity index (χ3n) is 4.78. The maximum Gasteiger partial charge on any atom is 0.220 e. The van der Waals surface area contributed by atoms with Gasteiger partial charge in [0.2, 0.25) is 5.91 Å². The average molecular weight is 358 g/mol. The SMILES string of the molecule is Cc1nn(C)cc1CCC(=O)NCC1(O)CCCN(c2cnccn2)C1. The van der Waals surface area contributed by atoms with Crippen molar-refractivity contribution in [2.24, 2.45) is 7.05 Å². The van der Waals surface area contributed by atoms with Crippen molar-refractivity contribution >= 4 is 11.7 Å². The standard InChI is InChI=1S/C18H26N6O2/c1-14-15(11-23(2)22-14)4-5-17(25)21-12-18(26)6-3-9-24(13-18)16-10-19-7-8-20-16/h7-8,10-11,26H,3-6,9,12-13H2,1-2H3,(H,21,25). The third kappa shape index (κ3) is 4.57. The van der Waals surface area contributed by atoms with Crippen LogP contribution in [0, 0.1) is 6.92 Å². The van der Waals surface area contributed by atoms with Gasteiger partial charge in [-0.05, 0) is 31.7 Å². The molecule has 2 aromatic heterocycles. The van der Waals surface area contributed by atoms with E-state index < -0.39 is 5.60 Å². The van der Waals surface area contributed by atoms with Crippen molar-refractivity contribution in [3.05, 3.63) is 36.0 Å². The first-order valence-electron chi connectivity index (χ1n) is 8.94. The molecule has 2 aromatic rings. The Morgan fingerprint density at radius 1 is 1.42 bits per heavy atom. The minimum Gasteiger partial charge on any atom is -0.386 e. The van der Waals surface area contributed by atoms with Crippen LogP contribution in [0.15, 0.2) is 24.8 Å². The van der Waals surface area contributed by atoms with Gasteiger partial charge in [-0.1, -0.05) is 0 Å². The van der Waals surface area contributed by atoms with Gasteiger partial charge in [-0.15, -0.1) is 0 Å². The molecule has 0 spiro atoms. The van der Waals surface area contributed by atoms with Crippen molar-refractivity contribution in [3.63, 3.8) is 0 Å². The summed E-state index contributed by atoms with van der Waals surface area (Å²) in [4.78, 5) is 22.6. The number of amides is 1. The summed E-state index contributed by atoms with van der Waals surface area (Å²) in [6.45, 7) is 3.45. The molecule has 0 bridgehead atoms. The second-order valence-corrected chi connectivity index (χ2v) is 7.00. The van der Waals surface area contributed by atoms with Crippen LogP contribution in [0.4, 0.5) is 5.82 Å². The minimum absolute atomic E-state index is 0.0571. The van der Waals surface area contributed by atoms with E-state index in [9.17, 15) is 9.90 Å². The molecule has 1 amide bonds. The quantitative estimate of drug-likeness (QED) is 0.785. The maximum absolute atomic E-state index is 12.2. The highest BCUT2D eigenvalue weighted by Crippen LogP contribution is 2.24. The number of hydrogen-bond acceptors (Lipinski definition) is 6. The van der Waals surface area contributed by atoms with Crippen LogP contribution >= 0.6 is 0 Å². The van der Waals surface area contributed by atoms with Crippen LogP contribution in [0.3, 0.4) is 0 Å². The first-order valence-corrected chi connectivity index (χ1v) is 8.94. The highest BCUT2D eigenvalue weighted by Gasteiger charge is 2.34. The molecule has 26 heavy (non-hydrogen) atoms. The van der Waals surface area contributed by atoms with E-state index in [1.807, 2.05) is 25.1 Å². The van der Waals surface area contributed by atoms with Gasteiger partial charge in [0.1, 0.15) is 5.82 Å². The van der Waals surface area contributed by atoms with Gasteiger partial charge in [-0.25, -0.2) is 4.98 Å². The molecular formula is C18H26N6O2. The molecular weight excluding hydrogens is 332 g/mol. The number of aliphatic hydroxyl groups is 1. The second-order valence-electron chi connectivity index (χ2n) is 7.00. The van der Waals surface area contributed by atoms with Crippen LogP contribution in [0.25, 0.3) is 0 Å². The van der Waals surface area contributed by atoms with Gasteiger partial charge in [0.15, 0.2) is 0 Å². The zero-order valence-electron chi connectivity index (χ0n) is 15.4. The summed E-state index contributed by atoms with van der Waals surface area (Å²) in [6.07, 6.45) is 9.45. The Labute approximate surface area is 153 Å². The number of β-amino-alcohol motifs (C(OH)–C–C–N with tert-alkyl or cyclic N) is 1. The van der Waals surface area contributed by atoms with Gasteiger partial charge in [0.25, 0.3) is 0 Å². The Bertz CT molecular complexity index is 747. The highest BCUT2D eigenvalue weighted by molar-refractivity contribution is 5.76. The first-order chi connectivity index (χ1) is 12.5. The van der Waals surface area contributed by atoms with Gasteiger partial charge >= 0.3 is 0 Å². The summed E-state index contributed by atoms with van der Waals surface area (Å²) in [7, 11) is 1.87. The molecule has 140 valence electrons. The summed E-state index contributed by atoms with van der Waals surface area (Å²) < 4.78 is 1.76. The summed E-state index contributed by atoms with van der Waals surface area (Å²) in [5.74, 6) is 0.697. The molecule has 1 unspecified atom stereocenters. The third-order valence-corrected chi connectivity index (χ3v) is 4.78. The molecule has 8 nitrogen and oxygen atoms in total. The summed E-state index contributed by atoms with van der Waals surface area (Å²) in [5, 5.41) is 18.0. The fourth-order valence-electron chi connectivity index (χ4n) is 3.40. The fourth-order valence-corrected chi connectivity index (χ4v) is 3.40. The molecule has 8 heteroatoms. The van der Waals surface area contributed by atoms with Crippen LogP contribution in [0.2, 0.25) is 0 Å². The summed E-state index contributed by atoms with van der Waals surface area (Å²) in [6, 6.07) is 0. The van der Waals surface area contributed by atoms with Crippen LogP contribution < -0.4 is 10.2 Å². The Kier molecular flexibility index (Phi) is 5.51. The fraction of sp³-hybridized carbons (Fsp3) is 0.556. The average Bonchev–Trinajstić information content (AvgIpc) is 2.96. The zero-order valence-corrected chi connectivity index (χ0v) is 15.4. The largest absolute Gasteiger partial charge is 0.386 e. The predicted molar refractivity (Wildman–Crippen MR) is 97.7 cm³/mol. The number of rotatable bonds is 6. The molecule has 1 aliphatic rings. The molecule has 1 fully saturated rings. The minimum atomic E-state index is -0.949. The number of nitrogens with one attached hydrogen (secondary N) is 1. The monoisotopic (exact) mass is 358 g/mol. The Hall–Kier alpha value is -2.48. The molecule has 0 aromatic carbocycles. The van der Waals surface area contributed by atoms with Gasteiger partial charge in [-0.3, -0.25) is 14.5 Å². The van der Waals surface area contributed by atoms with E-state index in [4.69, 9.17) is 0 Å². The van der Waals surface area contributed by atoms with Crippen LogP contribution in [0.5, 0.6) is 0 Å². The van der Waals surface area contributed by atoms with E-state index in [0.717, 1.165) is 30.0 Å². The summed E-state index contributed by atoms with van der Waals surface area (Å²) in [5.41, 5.74) is 1.08. The van der Waals surface area contributed by atoms with Gasteiger partial charge in [-0.2, -0.15) is 5.10 Å². The molecule has 0 aliphatic carbocycles. The van der Waals surface area contributed by atoms with Crippen LogP contribution in [-0.4, -0.2) is 56.0 Å². The van der Waals surface area contributed by atoms with E-state index in [0.29, 0.717) is 25.8 Å². The topological polar surface area (TPSA) is 96.2 Å². The number of carbonyl (C=O) groups excluding carboxylic acids is 1. The molecule has 3 rings (SSSR count). The van der Waals surface area contributed by atoms with Gasteiger partial charge < -0.3 is 15.3 Å². The molecule has 1 saturated heterocycles. The maximum atomic E-state index is 12.2. The first kappa shape index (κ1) is 18.3. The van der Waals surface area contributed by atoms with Crippen LogP contribution in [0.1, 0.15) is 30.5 Å². The van der Waals surface area contributed by atoms with Gasteiger partial charge in [0.05, 0.1) is 17.5 Å².